The zero-order valence-electron chi connectivity index (χ0n) is 15.0. The van der Waals surface area contributed by atoms with Crippen LogP contribution in [0.25, 0.3) is 0 Å². The second kappa shape index (κ2) is 8.82. The Labute approximate surface area is 151 Å². The molecule has 0 spiro atoms. The highest BCUT2D eigenvalue weighted by atomic mass is 16.1. The number of benzene rings is 2. The van der Waals surface area contributed by atoms with Crippen LogP contribution < -0.4 is 5.32 Å². The molecule has 1 atom stereocenters. The lowest BCUT2D eigenvalue weighted by atomic mass is 9.90. The first-order chi connectivity index (χ1) is 12.3. The van der Waals surface area contributed by atoms with Gasteiger partial charge in [-0.1, -0.05) is 67.1 Å². The van der Waals surface area contributed by atoms with E-state index in [1.165, 1.54) is 19.3 Å². The van der Waals surface area contributed by atoms with Gasteiger partial charge in [0.15, 0.2) is 0 Å². The van der Waals surface area contributed by atoms with E-state index in [9.17, 15) is 4.79 Å². The molecular weight excluding hydrogens is 308 g/mol. The molecule has 3 nitrogen and oxygen atoms in total. The number of nitrogens with one attached hydrogen (secondary N) is 1. The predicted octanol–water partition coefficient (Wildman–Crippen LogP) is 3.81. The molecule has 1 aliphatic rings. The third kappa shape index (κ3) is 4.70. The fraction of sp³-hybridized carbons (Fsp3) is 0.409. The van der Waals surface area contributed by atoms with Gasteiger partial charge >= 0.3 is 0 Å². The molecule has 132 valence electrons. The van der Waals surface area contributed by atoms with Crippen molar-refractivity contribution in [2.45, 2.75) is 38.1 Å². The predicted molar refractivity (Wildman–Crippen MR) is 103 cm³/mol. The van der Waals surface area contributed by atoms with Crippen molar-refractivity contribution in [3.63, 3.8) is 0 Å². The molecular formula is C22H28N2O. The van der Waals surface area contributed by atoms with Crippen LogP contribution in [-0.2, 0) is 4.79 Å². The number of hydrogen-bond acceptors (Lipinski definition) is 2. The number of rotatable bonds is 6. The fourth-order valence-corrected chi connectivity index (χ4v) is 3.62. The number of carbonyl (C=O) groups excluding carboxylic acids is 1. The van der Waals surface area contributed by atoms with E-state index >= 15 is 0 Å². The van der Waals surface area contributed by atoms with Gasteiger partial charge < -0.3 is 5.32 Å². The largest absolute Gasteiger partial charge is 0.354 e. The van der Waals surface area contributed by atoms with Gasteiger partial charge in [-0.3, -0.25) is 9.69 Å². The van der Waals surface area contributed by atoms with Crippen LogP contribution in [0.4, 0.5) is 0 Å². The number of amides is 1. The highest BCUT2D eigenvalue weighted by Crippen LogP contribution is 2.24. The second-order valence-electron chi connectivity index (χ2n) is 6.95. The maximum absolute atomic E-state index is 13.0. The molecule has 1 saturated heterocycles. The summed E-state index contributed by atoms with van der Waals surface area (Å²) in [6, 6.07) is 20.5. The molecule has 25 heavy (non-hydrogen) atoms. The van der Waals surface area contributed by atoms with Gasteiger partial charge in [-0.05, 0) is 44.0 Å². The number of carbonyl (C=O) groups is 1. The molecule has 0 radical (unpaired) electrons. The smallest absolute Gasteiger partial charge is 0.232 e. The van der Waals surface area contributed by atoms with Gasteiger partial charge in [-0.2, -0.15) is 0 Å². The van der Waals surface area contributed by atoms with Crippen molar-refractivity contribution in [3.8, 4) is 0 Å². The first kappa shape index (κ1) is 17.7. The van der Waals surface area contributed by atoms with E-state index in [-0.39, 0.29) is 11.8 Å². The average Bonchev–Trinajstić information content (AvgIpc) is 2.69. The summed E-state index contributed by atoms with van der Waals surface area (Å²) in [5.41, 5.74) is 2.08. The van der Waals surface area contributed by atoms with Gasteiger partial charge in [0, 0.05) is 12.6 Å². The molecule has 1 N–H and O–H groups in total. The Morgan fingerprint density at radius 2 is 1.44 bits per heavy atom. The first-order valence-electron chi connectivity index (χ1n) is 9.37. The van der Waals surface area contributed by atoms with Crippen molar-refractivity contribution in [1.82, 2.24) is 10.2 Å². The standard InChI is InChI=1S/C22H28N2O/c1-18(24-15-9-4-10-16-24)17-23-22(25)21(19-11-5-2-6-12-19)20-13-7-3-8-14-20/h2-3,5-8,11-14,18,21H,4,9-10,15-17H2,1H3,(H,23,25). The molecule has 0 aromatic heterocycles. The second-order valence-corrected chi connectivity index (χ2v) is 6.95. The fourth-order valence-electron chi connectivity index (χ4n) is 3.62. The Balaban J connectivity index is 1.69. The Morgan fingerprint density at radius 1 is 0.920 bits per heavy atom. The van der Waals surface area contributed by atoms with Gasteiger partial charge in [0.1, 0.15) is 0 Å². The highest BCUT2D eigenvalue weighted by molar-refractivity contribution is 5.87. The van der Waals surface area contributed by atoms with E-state index in [2.05, 4.69) is 17.1 Å². The molecule has 1 fully saturated rings. The topological polar surface area (TPSA) is 32.3 Å². The minimum absolute atomic E-state index is 0.0845. The van der Waals surface area contributed by atoms with Gasteiger partial charge in [-0.25, -0.2) is 0 Å². The molecule has 0 saturated carbocycles. The number of nitrogens with zero attached hydrogens (tertiary/aromatic N) is 1. The van der Waals surface area contributed by atoms with Gasteiger partial charge in [0.2, 0.25) is 5.91 Å². The quantitative estimate of drug-likeness (QED) is 0.870. The SMILES string of the molecule is CC(CNC(=O)C(c1ccccc1)c1ccccc1)N1CCCCC1. The maximum Gasteiger partial charge on any atom is 0.232 e. The number of hydrogen-bond donors (Lipinski definition) is 1. The summed E-state index contributed by atoms with van der Waals surface area (Å²) in [5, 5.41) is 3.20. The first-order valence-corrected chi connectivity index (χ1v) is 9.37. The van der Waals surface area contributed by atoms with Crippen molar-refractivity contribution in [2.24, 2.45) is 0 Å². The molecule has 2 aromatic carbocycles. The molecule has 1 unspecified atom stereocenters. The lowest BCUT2D eigenvalue weighted by molar-refractivity contribution is -0.121. The summed E-state index contributed by atoms with van der Waals surface area (Å²) in [4.78, 5) is 15.5. The minimum atomic E-state index is -0.254. The van der Waals surface area contributed by atoms with Crippen LogP contribution in [0.5, 0.6) is 0 Å². The number of piperidine rings is 1. The molecule has 0 aliphatic carbocycles. The zero-order chi connectivity index (χ0) is 17.5. The summed E-state index contributed by atoms with van der Waals surface area (Å²) in [6.45, 7) is 5.22. The van der Waals surface area contributed by atoms with Gasteiger partial charge in [0.25, 0.3) is 0 Å². The Bertz CT molecular complexity index is 611. The molecule has 3 rings (SSSR count). The number of likely N-dealkylation sites (tertiary alicyclic amines) is 1. The minimum Gasteiger partial charge on any atom is -0.354 e. The van der Waals surface area contributed by atoms with Crippen LogP contribution in [0.3, 0.4) is 0 Å². The molecule has 1 aliphatic heterocycles. The van der Waals surface area contributed by atoms with Crippen LogP contribution in [0.2, 0.25) is 0 Å². The van der Waals surface area contributed by atoms with Crippen molar-refractivity contribution in [1.29, 1.82) is 0 Å². The van der Waals surface area contributed by atoms with Crippen LogP contribution >= 0.6 is 0 Å². The van der Waals surface area contributed by atoms with Crippen molar-refractivity contribution in [3.05, 3.63) is 71.8 Å². The summed E-state index contributed by atoms with van der Waals surface area (Å²) in [5.74, 6) is -0.169. The zero-order valence-corrected chi connectivity index (χ0v) is 15.0. The van der Waals surface area contributed by atoms with Gasteiger partial charge in [-0.15, -0.1) is 0 Å². The lowest BCUT2D eigenvalue weighted by Crippen LogP contribution is -2.45. The third-order valence-corrected chi connectivity index (χ3v) is 5.11. The summed E-state index contributed by atoms with van der Waals surface area (Å²) in [7, 11) is 0. The van der Waals surface area contributed by atoms with Crippen LogP contribution in [0, 0.1) is 0 Å². The normalized spacial score (nSPS) is 16.6. The summed E-state index contributed by atoms with van der Waals surface area (Å²) >= 11 is 0. The van der Waals surface area contributed by atoms with E-state index < -0.39 is 0 Å². The lowest BCUT2D eigenvalue weighted by Gasteiger charge is -2.32. The highest BCUT2D eigenvalue weighted by Gasteiger charge is 2.24. The third-order valence-electron chi connectivity index (χ3n) is 5.11. The summed E-state index contributed by atoms with van der Waals surface area (Å²) in [6.07, 6.45) is 3.88. The van der Waals surface area contributed by atoms with E-state index in [0.29, 0.717) is 12.6 Å². The van der Waals surface area contributed by atoms with Crippen LogP contribution in [0.1, 0.15) is 43.2 Å². The van der Waals surface area contributed by atoms with E-state index in [1.807, 2.05) is 60.7 Å². The molecule has 0 bridgehead atoms. The van der Waals surface area contributed by atoms with Crippen LogP contribution in [-0.4, -0.2) is 36.5 Å². The van der Waals surface area contributed by atoms with Crippen molar-refractivity contribution < 1.29 is 4.79 Å². The van der Waals surface area contributed by atoms with Crippen molar-refractivity contribution >= 4 is 5.91 Å². The maximum atomic E-state index is 13.0. The van der Waals surface area contributed by atoms with Crippen molar-refractivity contribution in [2.75, 3.05) is 19.6 Å². The monoisotopic (exact) mass is 336 g/mol. The van der Waals surface area contributed by atoms with Crippen LogP contribution in [0.15, 0.2) is 60.7 Å². The Morgan fingerprint density at radius 3 is 1.96 bits per heavy atom. The average molecular weight is 336 g/mol. The van der Waals surface area contributed by atoms with E-state index in [0.717, 1.165) is 24.2 Å². The molecule has 1 heterocycles. The molecule has 2 aromatic rings. The Hall–Kier alpha value is -2.13. The Kier molecular flexibility index (Phi) is 6.24. The molecule has 3 heteroatoms. The molecule has 1 amide bonds. The van der Waals surface area contributed by atoms with E-state index in [4.69, 9.17) is 0 Å². The summed E-state index contributed by atoms with van der Waals surface area (Å²) < 4.78 is 0. The van der Waals surface area contributed by atoms with Gasteiger partial charge in [0.05, 0.1) is 5.92 Å². The van der Waals surface area contributed by atoms with E-state index in [1.54, 1.807) is 0 Å².